The maximum absolute atomic E-state index is 5.93. The fourth-order valence-corrected chi connectivity index (χ4v) is 1.74. The van der Waals surface area contributed by atoms with Gasteiger partial charge in [-0.05, 0) is 17.7 Å². The molecular formula is C14H17N3O. The topological polar surface area (TPSA) is 51.4 Å². The number of aromatic nitrogens is 1. The largest absolute Gasteiger partial charge is 0.481 e. The molecule has 1 heterocycles. The molecule has 0 aliphatic rings. The molecule has 0 saturated heterocycles. The molecular weight excluding hydrogens is 226 g/mol. The first-order chi connectivity index (χ1) is 8.70. The van der Waals surface area contributed by atoms with Gasteiger partial charge in [0.2, 0.25) is 5.88 Å². The highest BCUT2D eigenvalue weighted by molar-refractivity contribution is 5.49. The van der Waals surface area contributed by atoms with Crippen molar-refractivity contribution in [3.63, 3.8) is 0 Å². The van der Waals surface area contributed by atoms with Crippen molar-refractivity contribution < 1.29 is 4.74 Å². The molecule has 1 aromatic carbocycles. The Hall–Kier alpha value is -2.23. The summed E-state index contributed by atoms with van der Waals surface area (Å²) < 4.78 is 5.12. The summed E-state index contributed by atoms with van der Waals surface area (Å²) in [6.45, 7) is 0.715. The fourth-order valence-electron chi connectivity index (χ4n) is 1.74. The SMILES string of the molecule is COc1cccc(N(C)Cc2ccccc2N)n1. The zero-order valence-corrected chi connectivity index (χ0v) is 10.6. The van der Waals surface area contributed by atoms with Crippen LogP contribution in [0, 0.1) is 0 Å². The Bertz CT molecular complexity index is 528. The number of benzene rings is 1. The molecule has 2 N–H and O–H groups in total. The number of rotatable bonds is 4. The highest BCUT2D eigenvalue weighted by Crippen LogP contribution is 2.19. The normalized spacial score (nSPS) is 10.1. The zero-order chi connectivity index (χ0) is 13.0. The molecule has 0 unspecified atom stereocenters. The smallest absolute Gasteiger partial charge is 0.214 e. The van der Waals surface area contributed by atoms with Crippen molar-refractivity contribution in [1.29, 1.82) is 0 Å². The Morgan fingerprint density at radius 1 is 1.17 bits per heavy atom. The molecule has 0 bridgehead atoms. The van der Waals surface area contributed by atoms with Gasteiger partial charge in [-0.15, -0.1) is 0 Å². The molecule has 18 heavy (non-hydrogen) atoms. The molecule has 4 nitrogen and oxygen atoms in total. The Morgan fingerprint density at radius 2 is 1.94 bits per heavy atom. The minimum absolute atomic E-state index is 0.611. The molecule has 0 fully saturated rings. The van der Waals surface area contributed by atoms with Gasteiger partial charge in [0.15, 0.2) is 0 Å². The summed E-state index contributed by atoms with van der Waals surface area (Å²) in [5.74, 6) is 1.47. The maximum Gasteiger partial charge on any atom is 0.214 e. The van der Waals surface area contributed by atoms with Crippen LogP contribution in [0.3, 0.4) is 0 Å². The van der Waals surface area contributed by atoms with E-state index in [2.05, 4.69) is 4.98 Å². The number of pyridine rings is 1. The number of nitrogen functional groups attached to an aromatic ring is 1. The average Bonchev–Trinajstić information content (AvgIpc) is 2.41. The second-order valence-electron chi connectivity index (χ2n) is 4.09. The third kappa shape index (κ3) is 2.71. The van der Waals surface area contributed by atoms with Gasteiger partial charge < -0.3 is 15.4 Å². The van der Waals surface area contributed by atoms with Crippen LogP contribution in [0.2, 0.25) is 0 Å². The second kappa shape index (κ2) is 5.40. The zero-order valence-electron chi connectivity index (χ0n) is 10.6. The van der Waals surface area contributed by atoms with Crippen LogP contribution in [0.15, 0.2) is 42.5 Å². The predicted octanol–water partition coefficient (Wildman–Crippen LogP) is 2.31. The van der Waals surface area contributed by atoms with E-state index in [0.717, 1.165) is 17.1 Å². The first-order valence-electron chi connectivity index (χ1n) is 5.76. The van der Waals surface area contributed by atoms with Crippen molar-refractivity contribution >= 4 is 11.5 Å². The molecule has 94 valence electrons. The van der Waals surface area contributed by atoms with Gasteiger partial charge >= 0.3 is 0 Å². The highest BCUT2D eigenvalue weighted by Gasteiger charge is 2.06. The van der Waals surface area contributed by atoms with Crippen LogP contribution in [0.25, 0.3) is 0 Å². The lowest BCUT2D eigenvalue weighted by molar-refractivity contribution is 0.398. The first kappa shape index (κ1) is 12.2. The van der Waals surface area contributed by atoms with Gasteiger partial charge in [-0.25, -0.2) is 0 Å². The van der Waals surface area contributed by atoms with Crippen LogP contribution in [0.4, 0.5) is 11.5 Å². The Labute approximate surface area is 107 Å². The number of hydrogen-bond donors (Lipinski definition) is 1. The van der Waals surface area contributed by atoms with Crippen LogP contribution in [0.1, 0.15) is 5.56 Å². The van der Waals surface area contributed by atoms with Crippen molar-refractivity contribution in [2.24, 2.45) is 0 Å². The third-order valence-electron chi connectivity index (χ3n) is 2.77. The molecule has 1 aromatic heterocycles. The Kier molecular flexibility index (Phi) is 3.67. The van der Waals surface area contributed by atoms with Crippen molar-refractivity contribution in [3.8, 4) is 5.88 Å². The molecule has 2 aromatic rings. The number of methoxy groups -OCH3 is 1. The Balaban J connectivity index is 2.16. The number of para-hydroxylation sites is 1. The molecule has 4 heteroatoms. The number of anilines is 2. The van der Waals surface area contributed by atoms with Gasteiger partial charge in [0.25, 0.3) is 0 Å². The predicted molar refractivity (Wildman–Crippen MR) is 73.8 cm³/mol. The summed E-state index contributed by atoms with van der Waals surface area (Å²) in [7, 11) is 3.59. The van der Waals surface area contributed by atoms with E-state index >= 15 is 0 Å². The number of hydrogen-bond acceptors (Lipinski definition) is 4. The van der Waals surface area contributed by atoms with Gasteiger partial charge in [0.1, 0.15) is 5.82 Å². The molecule has 2 rings (SSSR count). The first-order valence-corrected chi connectivity index (χ1v) is 5.76. The third-order valence-corrected chi connectivity index (χ3v) is 2.77. The van der Waals surface area contributed by atoms with Crippen LogP contribution < -0.4 is 15.4 Å². The van der Waals surface area contributed by atoms with E-state index in [9.17, 15) is 0 Å². The van der Waals surface area contributed by atoms with E-state index in [1.165, 1.54) is 0 Å². The Morgan fingerprint density at radius 3 is 2.67 bits per heavy atom. The maximum atomic E-state index is 5.93. The molecule has 0 atom stereocenters. The van der Waals surface area contributed by atoms with Gasteiger partial charge in [-0.2, -0.15) is 4.98 Å². The van der Waals surface area contributed by atoms with E-state index in [4.69, 9.17) is 10.5 Å². The fraction of sp³-hybridized carbons (Fsp3) is 0.214. The molecule has 0 aliphatic heterocycles. The average molecular weight is 243 g/mol. The minimum Gasteiger partial charge on any atom is -0.481 e. The summed E-state index contributed by atoms with van der Waals surface area (Å²) in [5, 5.41) is 0. The van der Waals surface area contributed by atoms with E-state index in [-0.39, 0.29) is 0 Å². The summed E-state index contributed by atoms with van der Waals surface area (Å²) in [4.78, 5) is 6.42. The van der Waals surface area contributed by atoms with Crippen molar-refractivity contribution in [1.82, 2.24) is 4.98 Å². The van der Waals surface area contributed by atoms with Crippen LogP contribution in [-0.2, 0) is 6.54 Å². The van der Waals surface area contributed by atoms with Crippen LogP contribution in [-0.4, -0.2) is 19.1 Å². The molecule has 0 aliphatic carbocycles. The number of nitrogens with zero attached hydrogens (tertiary/aromatic N) is 2. The minimum atomic E-state index is 0.611. The summed E-state index contributed by atoms with van der Waals surface area (Å²) in [5.41, 5.74) is 7.82. The second-order valence-corrected chi connectivity index (χ2v) is 4.09. The molecule has 0 spiro atoms. The van der Waals surface area contributed by atoms with Crippen molar-refractivity contribution in [3.05, 3.63) is 48.0 Å². The van der Waals surface area contributed by atoms with Crippen molar-refractivity contribution in [2.45, 2.75) is 6.54 Å². The van der Waals surface area contributed by atoms with Gasteiger partial charge in [-0.1, -0.05) is 24.3 Å². The van der Waals surface area contributed by atoms with Crippen LogP contribution >= 0.6 is 0 Å². The van der Waals surface area contributed by atoms with Crippen molar-refractivity contribution in [2.75, 3.05) is 24.8 Å². The monoisotopic (exact) mass is 243 g/mol. The van der Waals surface area contributed by atoms with E-state index in [1.54, 1.807) is 7.11 Å². The molecule has 0 saturated carbocycles. The summed E-state index contributed by atoms with van der Waals surface area (Å²) >= 11 is 0. The quantitative estimate of drug-likeness (QED) is 0.837. The van der Waals surface area contributed by atoms with Gasteiger partial charge in [0.05, 0.1) is 7.11 Å². The number of nitrogens with two attached hydrogens (primary N) is 1. The van der Waals surface area contributed by atoms with E-state index in [1.807, 2.05) is 54.4 Å². The van der Waals surface area contributed by atoms with Gasteiger partial charge in [-0.3, -0.25) is 0 Å². The molecule has 0 radical (unpaired) electrons. The lowest BCUT2D eigenvalue weighted by atomic mass is 10.2. The summed E-state index contributed by atoms with van der Waals surface area (Å²) in [6, 6.07) is 13.5. The lowest BCUT2D eigenvalue weighted by Crippen LogP contribution is -2.18. The standard InChI is InChI=1S/C14H17N3O/c1-17(10-11-6-3-4-7-12(11)15)13-8-5-9-14(16-13)18-2/h3-9H,10,15H2,1-2H3. The van der Waals surface area contributed by atoms with Crippen LogP contribution in [0.5, 0.6) is 5.88 Å². The van der Waals surface area contributed by atoms with Gasteiger partial charge in [0, 0.05) is 25.3 Å². The summed E-state index contributed by atoms with van der Waals surface area (Å²) in [6.07, 6.45) is 0. The molecule has 0 amide bonds. The lowest BCUT2D eigenvalue weighted by Gasteiger charge is -2.19. The number of ether oxygens (including phenoxy) is 1. The highest BCUT2D eigenvalue weighted by atomic mass is 16.5. The van der Waals surface area contributed by atoms with E-state index < -0.39 is 0 Å². The van der Waals surface area contributed by atoms with E-state index in [0.29, 0.717) is 12.4 Å².